The summed E-state index contributed by atoms with van der Waals surface area (Å²) in [5, 5.41) is 0.467. The SMILES string of the molecule is Cn1c(=NC(=O)C2CCCN(S(=O)(=O)c3ccc(Cl)cc3)C2)sc2cc3c(cc21)OCCO3. The third kappa shape index (κ3) is 4.28. The van der Waals surface area contributed by atoms with Gasteiger partial charge in [0, 0.05) is 37.3 Å². The molecule has 0 saturated carbocycles. The number of thiazole rings is 1. The Bertz CT molecular complexity index is 1400. The van der Waals surface area contributed by atoms with Crippen LogP contribution in [0.25, 0.3) is 10.2 Å². The first-order valence-corrected chi connectivity index (χ1v) is 13.2. The Morgan fingerprint density at radius 1 is 1.15 bits per heavy atom. The van der Waals surface area contributed by atoms with E-state index in [1.165, 1.54) is 27.8 Å². The van der Waals surface area contributed by atoms with Gasteiger partial charge in [-0.3, -0.25) is 4.79 Å². The average molecular weight is 508 g/mol. The van der Waals surface area contributed by atoms with E-state index in [9.17, 15) is 13.2 Å². The zero-order valence-electron chi connectivity index (χ0n) is 17.9. The van der Waals surface area contributed by atoms with Crippen molar-refractivity contribution in [3.05, 3.63) is 46.2 Å². The summed E-state index contributed by atoms with van der Waals surface area (Å²) in [6.45, 7) is 1.48. The highest BCUT2D eigenvalue weighted by Gasteiger charge is 2.33. The van der Waals surface area contributed by atoms with Gasteiger partial charge in [-0.2, -0.15) is 9.30 Å². The zero-order chi connectivity index (χ0) is 23.2. The van der Waals surface area contributed by atoms with Gasteiger partial charge >= 0.3 is 0 Å². The third-order valence-corrected chi connectivity index (χ3v) is 9.09. The minimum absolute atomic E-state index is 0.109. The molecule has 0 N–H and O–H groups in total. The van der Waals surface area contributed by atoms with E-state index in [0.29, 0.717) is 53.9 Å². The lowest BCUT2D eigenvalue weighted by molar-refractivity contribution is -0.122. The van der Waals surface area contributed by atoms with Crippen molar-refractivity contribution in [1.29, 1.82) is 0 Å². The monoisotopic (exact) mass is 507 g/mol. The summed E-state index contributed by atoms with van der Waals surface area (Å²) in [7, 11) is -1.86. The van der Waals surface area contributed by atoms with Crippen molar-refractivity contribution in [1.82, 2.24) is 8.87 Å². The highest BCUT2D eigenvalue weighted by Crippen LogP contribution is 2.35. The minimum Gasteiger partial charge on any atom is -0.486 e. The van der Waals surface area contributed by atoms with Crippen LogP contribution in [-0.4, -0.2) is 49.5 Å². The summed E-state index contributed by atoms with van der Waals surface area (Å²) in [5.41, 5.74) is 0.895. The maximum Gasteiger partial charge on any atom is 0.252 e. The van der Waals surface area contributed by atoms with Gasteiger partial charge in [0.2, 0.25) is 10.0 Å². The van der Waals surface area contributed by atoms with Gasteiger partial charge in [-0.15, -0.1) is 0 Å². The van der Waals surface area contributed by atoms with E-state index in [4.69, 9.17) is 21.1 Å². The first-order valence-electron chi connectivity index (χ1n) is 10.6. The highest BCUT2D eigenvalue weighted by molar-refractivity contribution is 7.89. The smallest absolute Gasteiger partial charge is 0.252 e. The number of carbonyl (C=O) groups is 1. The topological polar surface area (TPSA) is 90.2 Å². The van der Waals surface area contributed by atoms with Crippen LogP contribution in [0.15, 0.2) is 46.3 Å². The summed E-state index contributed by atoms with van der Waals surface area (Å²) in [5.74, 6) is 0.551. The number of hydrogen-bond acceptors (Lipinski definition) is 6. The van der Waals surface area contributed by atoms with E-state index in [1.54, 1.807) is 12.1 Å². The number of aryl methyl sites for hydroxylation is 1. The quantitative estimate of drug-likeness (QED) is 0.543. The molecule has 1 amide bonds. The molecule has 0 aliphatic carbocycles. The molecule has 0 bridgehead atoms. The number of hydrogen-bond donors (Lipinski definition) is 0. The summed E-state index contributed by atoms with van der Waals surface area (Å²) >= 11 is 7.28. The maximum absolute atomic E-state index is 13.0. The predicted molar refractivity (Wildman–Crippen MR) is 125 cm³/mol. The zero-order valence-corrected chi connectivity index (χ0v) is 20.3. The highest BCUT2D eigenvalue weighted by atomic mass is 35.5. The maximum atomic E-state index is 13.0. The number of fused-ring (bicyclic) bond motifs is 2. The van der Waals surface area contributed by atoms with Gasteiger partial charge in [-0.05, 0) is 37.1 Å². The second-order valence-corrected chi connectivity index (χ2v) is 11.4. The second-order valence-electron chi connectivity index (χ2n) is 8.01. The Kier molecular flexibility index (Phi) is 5.94. The summed E-state index contributed by atoms with van der Waals surface area (Å²) in [6.07, 6.45) is 1.19. The van der Waals surface area contributed by atoms with Crippen LogP contribution in [0.3, 0.4) is 0 Å². The molecule has 1 aromatic heterocycles. The average Bonchev–Trinajstić information content (AvgIpc) is 3.12. The number of piperidine rings is 1. The molecule has 1 atom stereocenters. The number of halogens is 1. The summed E-state index contributed by atoms with van der Waals surface area (Å²) in [6, 6.07) is 9.86. The molecule has 1 fully saturated rings. The molecule has 174 valence electrons. The van der Waals surface area contributed by atoms with Crippen molar-refractivity contribution in [2.45, 2.75) is 17.7 Å². The molecular weight excluding hydrogens is 486 g/mol. The molecule has 1 unspecified atom stereocenters. The lowest BCUT2D eigenvalue weighted by Gasteiger charge is -2.30. The van der Waals surface area contributed by atoms with Crippen molar-refractivity contribution in [2.24, 2.45) is 18.0 Å². The number of benzene rings is 2. The Labute approximate surface area is 200 Å². The lowest BCUT2D eigenvalue weighted by atomic mass is 9.99. The van der Waals surface area contributed by atoms with Crippen LogP contribution in [0.1, 0.15) is 12.8 Å². The van der Waals surface area contributed by atoms with Gasteiger partial charge in [0.15, 0.2) is 16.3 Å². The molecule has 5 rings (SSSR count). The van der Waals surface area contributed by atoms with Crippen LogP contribution >= 0.6 is 22.9 Å². The Balaban J connectivity index is 1.41. The number of amides is 1. The normalized spacial score (nSPS) is 19.7. The van der Waals surface area contributed by atoms with E-state index in [0.717, 1.165) is 10.2 Å². The van der Waals surface area contributed by atoms with Gasteiger partial charge in [-0.25, -0.2) is 8.42 Å². The van der Waals surface area contributed by atoms with Gasteiger partial charge < -0.3 is 14.0 Å². The molecule has 2 aliphatic heterocycles. The Morgan fingerprint density at radius 3 is 2.58 bits per heavy atom. The fourth-order valence-electron chi connectivity index (χ4n) is 4.07. The van der Waals surface area contributed by atoms with Crippen LogP contribution in [0, 0.1) is 5.92 Å². The third-order valence-electron chi connectivity index (χ3n) is 5.86. The Morgan fingerprint density at radius 2 is 1.85 bits per heavy atom. The van der Waals surface area contributed by atoms with Crippen LogP contribution < -0.4 is 14.3 Å². The van der Waals surface area contributed by atoms with Crippen molar-refractivity contribution in [3.63, 3.8) is 0 Å². The molecule has 3 heterocycles. The first kappa shape index (κ1) is 22.4. The van der Waals surface area contributed by atoms with Crippen LogP contribution in [0.2, 0.25) is 5.02 Å². The molecule has 2 aromatic carbocycles. The fraction of sp³-hybridized carbons (Fsp3) is 0.364. The van der Waals surface area contributed by atoms with Crippen molar-refractivity contribution in [2.75, 3.05) is 26.3 Å². The summed E-state index contributed by atoms with van der Waals surface area (Å²) < 4.78 is 41.5. The van der Waals surface area contributed by atoms with Crippen molar-refractivity contribution in [3.8, 4) is 11.5 Å². The molecule has 2 aliphatic rings. The molecule has 11 heteroatoms. The number of carbonyl (C=O) groups excluding carboxylic acids is 1. The minimum atomic E-state index is -3.71. The van der Waals surface area contributed by atoms with Crippen LogP contribution in [0.4, 0.5) is 0 Å². The number of ether oxygens (including phenoxy) is 2. The van der Waals surface area contributed by atoms with E-state index in [-0.39, 0.29) is 17.3 Å². The second kappa shape index (κ2) is 8.75. The van der Waals surface area contributed by atoms with E-state index in [1.807, 2.05) is 23.7 Å². The van der Waals surface area contributed by atoms with E-state index >= 15 is 0 Å². The number of rotatable bonds is 3. The van der Waals surface area contributed by atoms with E-state index < -0.39 is 15.9 Å². The largest absolute Gasteiger partial charge is 0.486 e. The Hall–Kier alpha value is -2.40. The van der Waals surface area contributed by atoms with E-state index in [2.05, 4.69) is 4.99 Å². The molecule has 3 aromatic rings. The van der Waals surface area contributed by atoms with Gasteiger partial charge in [0.05, 0.1) is 21.0 Å². The molecular formula is C22H22ClN3O5S2. The standard InChI is InChI=1S/C22H22ClN3O5S2/c1-25-17-11-18-19(31-10-9-30-18)12-20(17)32-22(25)24-21(27)14-3-2-8-26(13-14)33(28,29)16-6-4-15(23)5-7-16/h4-7,11-12,14H,2-3,8-10,13H2,1H3. The van der Waals surface area contributed by atoms with Gasteiger partial charge in [-0.1, -0.05) is 22.9 Å². The lowest BCUT2D eigenvalue weighted by Crippen LogP contribution is -2.42. The number of nitrogens with zero attached hydrogens (tertiary/aromatic N) is 3. The fourth-order valence-corrected chi connectivity index (χ4v) is 6.76. The van der Waals surface area contributed by atoms with Crippen molar-refractivity contribution >= 4 is 49.1 Å². The number of sulfonamides is 1. The van der Waals surface area contributed by atoms with Gasteiger partial charge in [0.25, 0.3) is 5.91 Å². The van der Waals surface area contributed by atoms with Crippen molar-refractivity contribution < 1.29 is 22.7 Å². The molecule has 1 saturated heterocycles. The molecule has 33 heavy (non-hydrogen) atoms. The van der Waals surface area contributed by atoms with Gasteiger partial charge in [0.1, 0.15) is 13.2 Å². The molecule has 0 radical (unpaired) electrons. The van der Waals surface area contributed by atoms with Crippen LogP contribution in [-0.2, 0) is 21.9 Å². The molecule has 0 spiro atoms. The first-order chi connectivity index (χ1) is 15.8. The van der Waals surface area contributed by atoms with Crippen LogP contribution in [0.5, 0.6) is 11.5 Å². The number of aromatic nitrogens is 1. The predicted octanol–water partition coefficient (Wildman–Crippen LogP) is 3.19. The molecule has 8 nitrogen and oxygen atoms in total. The summed E-state index contributed by atoms with van der Waals surface area (Å²) in [4.78, 5) is 18.1.